The van der Waals surface area contributed by atoms with Crippen LogP contribution in [0.5, 0.6) is 0 Å². The number of hydrogen-bond donors (Lipinski definition) is 1. The van der Waals surface area contributed by atoms with E-state index in [-0.39, 0.29) is 36.0 Å². The Hall–Kier alpha value is -2.95. The summed E-state index contributed by atoms with van der Waals surface area (Å²) in [5.74, 6) is -0.500. The van der Waals surface area contributed by atoms with E-state index in [2.05, 4.69) is 29.6 Å². The van der Waals surface area contributed by atoms with E-state index in [1.54, 1.807) is 24.3 Å². The molecule has 2 aromatic rings. The molecule has 0 atom stereocenters. The molecule has 2 aliphatic rings. The maximum absolute atomic E-state index is 12.8. The molecule has 29 heavy (non-hydrogen) atoms. The van der Waals surface area contributed by atoms with E-state index in [1.807, 2.05) is 6.07 Å². The minimum atomic E-state index is -0.186. The Balaban J connectivity index is 1.46. The van der Waals surface area contributed by atoms with Gasteiger partial charge in [0, 0.05) is 30.4 Å². The van der Waals surface area contributed by atoms with Crippen molar-refractivity contribution in [3.05, 3.63) is 65.7 Å². The van der Waals surface area contributed by atoms with Crippen molar-refractivity contribution in [2.45, 2.75) is 50.4 Å². The molecule has 4 rings (SSSR count). The van der Waals surface area contributed by atoms with Crippen molar-refractivity contribution in [3.8, 4) is 0 Å². The predicted octanol–water partition coefficient (Wildman–Crippen LogP) is 3.97. The lowest BCUT2D eigenvalue weighted by molar-refractivity contribution is -0.121. The maximum Gasteiger partial charge on any atom is 0.251 e. The van der Waals surface area contributed by atoms with Gasteiger partial charge in [-0.1, -0.05) is 49.6 Å². The average molecular weight is 390 g/mol. The first-order valence-electron chi connectivity index (χ1n) is 10.4. The molecule has 3 amide bonds. The lowest BCUT2D eigenvalue weighted by Gasteiger charge is -2.38. The molecule has 0 spiro atoms. The highest BCUT2D eigenvalue weighted by Crippen LogP contribution is 2.39. The number of hydrogen-bond acceptors (Lipinski definition) is 3. The zero-order chi connectivity index (χ0) is 20.3. The summed E-state index contributed by atoms with van der Waals surface area (Å²) in [6.07, 6.45) is 6.27. The van der Waals surface area contributed by atoms with Crippen LogP contribution in [0.1, 0.15) is 60.9 Å². The zero-order valence-electron chi connectivity index (χ0n) is 16.5. The second-order valence-electron chi connectivity index (χ2n) is 8.06. The molecule has 0 aromatic heterocycles. The summed E-state index contributed by atoms with van der Waals surface area (Å²) >= 11 is 0. The lowest BCUT2D eigenvalue weighted by Crippen LogP contribution is -2.42. The molecule has 0 radical (unpaired) electrons. The quantitative estimate of drug-likeness (QED) is 0.786. The monoisotopic (exact) mass is 390 g/mol. The number of nitrogens with zero attached hydrogens (tertiary/aromatic N) is 1. The van der Waals surface area contributed by atoms with Gasteiger partial charge in [-0.2, -0.15) is 0 Å². The van der Waals surface area contributed by atoms with Crippen molar-refractivity contribution < 1.29 is 14.4 Å². The van der Waals surface area contributed by atoms with Crippen LogP contribution in [0.3, 0.4) is 0 Å². The molecule has 1 aliphatic carbocycles. The molecule has 1 saturated carbocycles. The Bertz CT molecular complexity index is 883. The van der Waals surface area contributed by atoms with Crippen LogP contribution in [0.2, 0.25) is 0 Å². The van der Waals surface area contributed by atoms with Gasteiger partial charge in [0.25, 0.3) is 5.91 Å². The van der Waals surface area contributed by atoms with Crippen LogP contribution >= 0.6 is 0 Å². The van der Waals surface area contributed by atoms with E-state index in [0.29, 0.717) is 17.8 Å². The Morgan fingerprint density at radius 1 is 0.862 bits per heavy atom. The lowest BCUT2D eigenvalue weighted by atomic mass is 9.69. The number of benzene rings is 2. The fraction of sp³-hybridized carbons (Fsp3) is 0.375. The third-order valence-corrected chi connectivity index (χ3v) is 6.22. The Morgan fingerprint density at radius 3 is 2.10 bits per heavy atom. The molecule has 2 fully saturated rings. The number of nitrogens with one attached hydrogen (secondary N) is 1. The number of amides is 3. The van der Waals surface area contributed by atoms with Gasteiger partial charge in [-0.05, 0) is 42.7 Å². The van der Waals surface area contributed by atoms with Gasteiger partial charge in [-0.25, -0.2) is 0 Å². The molecule has 150 valence electrons. The van der Waals surface area contributed by atoms with E-state index in [4.69, 9.17) is 0 Å². The molecule has 1 saturated heterocycles. The minimum Gasteiger partial charge on any atom is -0.351 e. The second kappa shape index (κ2) is 8.19. The average Bonchev–Trinajstić information content (AvgIpc) is 3.11. The van der Waals surface area contributed by atoms with Gasteiger partial charge in [0.15, 0.2) is 0 Å². The highest BCUT2D eigenvalue weighted by molar-refractivity contribution is 6.19. The maximum atomic E-state index is 12.8. The number of anilines is 1. The molecular formula is C24H26N2O3. The molecule has 5 nitrogen and oxygen atoms in total. The molecule has 0 unspecified atom stereocenters. The summed E-state index contributed by atoms with van der Waals surface area (Å²) in [5.41, 5.74) is 2.35. The van der Waals surface area contributed by atoms with E-state index in [9.17, 15) is 14.4 Å². The van der Waals surface area contributed by atoms with Crippen LogP contribution < -0.4 is 10.2 Å². The van der Waals surface area contributed by atoms with E-state index in [0.717, 1.165) is 12.8 Å². The summed E-state index contributed by atoms with van der Waals surface area (Å²) < 4.78 is 0. The van der Waals surface area contributed by atoms with Gasteiger partial charge < -0.3 is 5.32 Å². The van der Waals surface area contributed by atoms with Crippen molar-refractivity contribution in [1.29, 1.82) is 0 Å². The van der Waals surface area contributed by atoms with Gasteiger partial charge in [0.1, 0.15) is 0 Å². The first-order valence-corrected chi connectivity index (χ1v) is 10.4. The highest BCUT2D eigenvalue weighted by Gasteiger charge is 2.34. The summed E-state index contributed by atoms with van der Waals surface area (Å²) in [4.78, 5) is 37.7. The van der Waals surface area contributed by atoms with Gasteiger partial charge in [0.2, 0.25) is 11.8 Å². The topological polar surface area (TPSA) is 66.5 Å². The smallest absolute Gasteiger partial charge is 0.251 e. The molecule has 5 heteroatoms. The summed E-state index contributed by atoms with van der Waals surface area (Å²) in [7, 11) is 0. The van der Waals surface area contributed by atoms with Gasteiger partial charge >= 0.3 is 0 Å². The van der Waals surface area contributed by atoms with Crippen molar-refractivity contribution in [2.24, 2.45) is 0 Å². The van der Waals surface area contributed by atoms with Crippen LogP contribution in [0, 0.1) is 0 Å². The molecule has 1 aliphatic heterocycles. The van der Waals surface area contributed by atoms with Crippen LogP contribution in [0.25, 0.3) is 0 Å². The number of imide groups is 1. The summed E-state index contributed by atoms with van der Waals surface area (Å²) in [6.45, 7) is 0.612. The van der Waals surface area contributed by atoms with Gasteiger partial charge in [0.05, 0.1) is 5.69 Å². The molecule has 0 bridgehead atoms. The van der Waals surface area contributed by atoms with E-state index < -0.39 is 0 Å². The first kappa shape index (κ1) is 19.4. The van der Waals surface area contributed by atoms with Gasteiger partial charge in [-0.15, -0.1) is 0 Å². The Labute approximate surface area is 171 Å². The van der Waals surface area contributed by atoms with Crippen LogP contribution in [0.15, 0.2) is 54.6 Å². The molecular weight excluding hydrogens is 364 g/mol. The van der Waals surface area contributed by atoms with Crippen LogP contribution in [-0.2, 0) is 15.0 Å². The van der Waals surface area contributed by atoms with Crippen molar-refractivity contribution in [3.63, 3.8) is 0 Å². The third kappa shape index (κ3) is 3.95. The first-order chi connectivity index (χ1) is 14.1. The van der Waals surface area contributed by atoms with Crippen molar-refractivity contribution in [1.82, 2.24) is 5.32 Å². The number of carbonyl (C=O) groups excluding carboxylic acids is 3. The van der Waals surface area contributed by atoms with Gasteiger partial charge in [-0.3, -0.25) is 19.3 Å². The van der Waals surface area contributed by atoms with Crippen molar-refractivity contribution in [2.75, 3.05) is 11.4 Å². The molecule has 1 heterocycles. The zero-order valence-corrected chi connectivity index (χ0v) is 16.5. The fourth-order valence-corrected chi connectivity index (χ4v) is 4.57. The number of rotatable bonds is 5. The third-order valence-electron chi connectivity index (χ3n) is 6.22. The van der Waals surface area contributed by atoms with E-state index >= 15 is 0 Å². The SMILES string of the molecule is O=C(NCC1(c2ccccc2)CCCCC1)c1ccc(N2C(=O)CCC2=O)cc1. The summed E-state index contributed by atoms with van der Waals surface area (Å²) in [5, 5.41) is 3.13. The highest BCUT2D eigenvalue weighted by atomic mass is 16.2. The summed E-state index contributed by atoms with van der Waals surface area (Å²) in [6, 6.07) is 17.2. The Kier molecular flexibility index (Phi) is 5.47. The number of carbonyl (C=O) groups is 3. The van der Waals surface area contributed by atoms with Crippen LogP contribution in [-0.4, -0.2) is 24.3 Å². The second-order valence-corrected chi connectivity index (χ2v) is 8.06. The predicted molar refractivity (Wildman–Crippen MR) is 112 cm³/mol. The standard InChI is InChI=1S/C24H26N2O3/c27-21-13-14-22(28)26(21)20-11-9-18(10-12-20)23(29)25-17-24(15-5-2-6-16-24)19-7-3-1-4-8-19/h1,3-4,7-12H,2,5-6,13-17H2,(H,25,29). The normalized spacial score (nSPS) is 18.7. The van der Waals surface area contributed by atoms with Crippen LogP contribution in [0.4, 0.5) is 5.69 Å². The molecule has 2 aromatic carbocycles. The van der Waals surface area contributed by atoms with E-state index in [1.165, 1.54) is 29.7 Å². The molecule has 1 N–H and O–H groups in total. The minimum absolute atomic E-state index is 0.0104. The largest absolute Gasteiger partial charge is 0.351 e. The fourth-order valence-electron chi connectivity index (χ4n) is 4.57. The van der Waals surface area contributed by atoms with Crippen molar-refractivity contribution >= 4 is 23.4 Å². The Morgan fingerprint density at radius 2 is 1.48 bits per heavy atom.